The van der Waals surface area contributed by atoms with E-state index >= 15 is 0 Å². The van der Waals surface area contributed by atoms with Crippen LogP contribution in [0.2, 0.25) is 0 Å². The van der Waals surface area contributed by atoms with Crippen LogP contribution in [0.3, 0.4) is 0 Å². The average molecular weight is 221 g/mol. The van der Waals surface area contributed by atoms with Gasteiger partial charge in [0.25, 0.3) is 0 Å². The molecule has 0 saturated carbocycles. The van der Waals surface area contributed by atoms with E-state index in [1.807, 2.05) is 6.07 Å². The summed E-state index contributed by atoms with van der Waals surface area (Å²) >= 11 is 0. The number of hydrogen-bond acceptors (Lipinski definition) is 3. The minimum atomic E-state index is -0.823. The van der Waals surface area contributed by atoms with Gasteiger partial charge in [-0.25, -0.2) is 0 Å². The Morgan fingerprint density at radius 3 is 3.00 bits per heavy atom. The van der Waals surface area contributed by atoms with Crippen molar-refractivity contribution in [2.24, 2.45) is 0 Å². The molecule has 0 spiro atoms. The smallest absolute Gasteiger partial charge is 0.317 e. The van der Waals surface area contributed by atoms with Crippen molar-refractivity contribution >= 4 is 5.97 Å². The summed E-state index contributed by atoms with van der Waals surface area (Å²) in [4.78, 5) is 10.4. The molecule has 1 aliphatic rings. The Morgan fingerprint density at radius 1 is 1.44 bits per heavy atom. The van der Waals surface area contributed by atoms with Gasteiger partial charge in [-0.2, -0.15) is 0 Å². The lowest BCUT2D eigenvalue weighted by atomic mass is 9.88. The van der Waals surface area contributed by atoms with E-state index < -0.39 is 5.97 Å². The Labute approximate surface area is 93.9 Å². The standard InChI is InChI=1S/C12H15NO3/c14-11-4-2-8-5-10(13-7-12(15)16)3-1-9(8)6-11/h2,4,6,10,13-14H,1,3,5,7H2,(H,15,16). The summed E-state index contributed by atoms with van der Waals surface area (Å²) in [5.74, 6) is -0.521. The minimum absolute atomic E-state index is 0.0120. The second kappa shape index (κ2) is 4.53. The largest absolute Gasteiger partial charge is 0.508 e. The van der Waals surface area contributed by atoms with Gasteiger partial charge >= 0.3 is 5.97 Å². The fraction of sp³-hybridized carbons (Fsp3) is 0.417. The van der Waals surface area contributed by atoms with Gasteiger partial charge < -0.3 is 15.5 Å². The molecule has 1 aromatic rings. The van der Waals surface area contributed by atoms with Gasteiger partial charge in [0.15, 0.2) is 0 Å². The molecule has 3 N–H and O–H groups in total. The molecule has 4 heteroatoms. The number of fused-ring (bicyclic) bond motifs is 1. The van der Waals surface area contributed by atoms with Crippen LogP contribution in [-0.4, -0.2) is 28.8 Å². The predicted octanol–water partition coefficient (Wildman–Crippen LogP) is 0.924. The molecule has 0 aromatic heterocycles. The molecule has 0 radical (unpaired) electrons. The average Bonchev–Trinajstić information content (AvgIpc) is 2.26. The van der Waals surface area contributed by atoms with E-state index in [-0.39, 0.29) is 12.6 Å². The first-order chi connectivity index (χ1) is 7.65. The van der Waals surface area contributed by atoms with Gasteiger partial charge in [-0.3, -0.25) is 4.79 Å². The number of aromatic hydroxyl groups is 1. The lowest BCUT2D eigenvalue weighted by Gasteiger charge is -2.25. The monoisotopic (exact) mass is 221 g/mol. The molecule has 16 heavy (non-hydrogen) atoms. The summed E-state index contributed by atoms with van der Waals surface area (Å²) < 4.78 is 0. The number of phenolic OH excluding ortho intramolecular Hbond substituents is 1. The molecular formula is C12H15NO3. The predicted molar refractivity (Wildman–Crippen MR) is 59.6 cm³/mol. The van der Waals surface area contributed by atoms with E-state index in [0.717, 1.165) is 19.3 Å². The van der Waals surface area contributed by atoms with E-state index in [1.165, 1.54) is 11.1 Å². The topological polar surface area (TPSA) is 69.6 Å². The van der Waals surface area contributed by atoms with Crippen molar-refractivity contribution in [3.8, 4) is 5.75 Å². The number of aryl methyl sites for hydroxylation is 1. The second-order valence-electron chi connectivity index (χ2n) is 4.17. The Bertz CT molecular complexity index is 403. The van der Waals surface area contributed by atoms with E-state index in [0.29, 0.717) is 5.75 Å². The maximum Gasteiger partial charge on any atom is 0.317 e. The van der Waals surface area contributed by atoms with Crippen LogP contribution in [0.5, 0.6) is 5.75 Å². The summed E-state index contributed by atoms with van der Waals surface area (Å²) in [5.41, 5.74) is 2.38. The van der Waals surface area contributed by atoms with Crippen LogP contribution in [0.4, 0.5) is 0 Å². The van der Waals surface area contributed by atoms with E-state index in [9.17, 15) is 9.90 Å². The van der Waals surface area contributed by atoms with Crippen LogP contribution < -0.4 is 5.32 Å². The lowest BCUT2D eigenvalue weighted by molar-refractivity contribution is -0.136. The van der Waals surface area contributed by atoms with Crippen molar-refractivity contribution in [2.45, 2.75) is 25.3 Å². The number of carboxylic acids is 1. The summed E-state index contributed by atoms with van der Waals surface area (Å²) in [5, 5.41) is 20.9. The molecular weight excluding hydrogens is 206 g/mol. The number of phenols is 1. The first-order valence-electron chi connectivity index (χ1n) is 5.41. The molecule has 0 aliphatic heterocycles. The molecule has 0 fully saturated rings. The van der Waals surface area contributed by atoms with Crippen LogP contribution in [0.25, 0.3) is 0 Å². The summed E-state index contributed by atoms with van der Waals surface area (Å²) in [7, 11) is 0. The zero-order valence-corrected chi connectivity index (χ0v) is 8.94. The summed E-state index contributed by atoms with van der Waals surface area (Å²) in [6, 6.07) is 5.62. The van der Waals surface area contributed by atoms with Crippen molar-refractivity contribution in [1.29, 1.82) is 0 Å². The van der Waals surface area contributed by atoms with Crippen molar-refractivity contribution < 1.29 is 15.0 Å². The van der Waals surface area contributed by atoms with Crippen molar-refractivity contribution in [1.82, 2.24) is 5.32 Å². The molecule has 4 nitrogen and oxygen atoms in total. The molecule has 86 valence electrons. The van der Waals surface area contributed by atoms with E-state index in [4.69, 9.17) is 5.11 Å². The highest BCUT2D eigenvalue weighted by molar-refractivity contribution is 5.69. The molecule has 1 aliphatic carbocycles. The highest BCUT2D eigenvalue weighted by atomic mass is 16.4. The third-order valence-electron chi connectivity index (χ3n) is 2.96. The fourth-order valence-electron chi connectivity index (χ4n) is 2.15. The first kappa shape index (κ1) is 11.0. The molecule has 0 heterocycles. The molecule has 1 aromatic carbocycles. The second-order valence-corrected chi connectivity index (χ2v) is 4.17. The Hall–Kier alpha value is -1.55. The van der Waals surface area contributed by atoms with Gasteiger partial charge in [-0.1, -0.05) is 6.07 Å². The number of hydrogen-bond donors (Lipinski definition) is 3. The highest BCUT2D eigenvalue weighted by Gasteiger charge is 2.18. The normalized spacial score (nSPS) is 19.1. The highest BCUT2D eigenvalue weighted by Crippen LogP contribution is 2.24. The van der Waals surface area contributed by atoms with Crippen molar-refractivity contribution in [3.63, 3.8) is 0 Å². The lowest BCUT2D eigenvalue weighted by Crippen LogP contribution is -2.37. The van der Waals surface area contributed by atoms with Crippen molar-refractivity contribution in [3.05, 3.63) is 29.3 Å². The number of benzene rings is 1. The maximum absolute atomic E-state index is 10.4. The Morgan fingerprint density at radius 2 is 2.25 bits per heavy atom. The number of nitrogens with one attached hydrogen (secondary N) is 1. The zero-order valence-electron chi connectivity index (χ0n) is 8.94. The third kappa shape index (κ3) is 2.52. The van der Waals surface area contributed by atoms with Crippen LogP contribution in [0.15, 0.2) is 18.2 Å². The zero-order chi connectivity index (χ0) is 11.5. The first-order valence-corrected chi connectivity index (χ1v) is 5.41. The fourth-order valence-corrected chi connectivity index (χ4v) is 2.15. The van der Waals surface area contributed by atoms with Crippen LogP contribution in [-0.2, 0) is 17.6 Å². The molecule has 2 rings (SSSR count). The molecule has 0 saturated heterocycles. The molecule has 1 unspecified atom stereocenters. The Balaban J connectivity index is 2.01. The van der Waals surface area contributed by atoms with Crippen LogP contribution in [0.1, 0.15) is 17.5 Å². The van der Waals surface area contributed by atoms with Gasteiger partial charge in [0.1, 0.15) is 5.75 Å². The van der Waals surface area contributed by atoms with Gasteiger partial charge in [0, 0.05) is 6.04 Å². The van der Waals surface area contributed by atoms with E-state index in [1.54, 1.807) is 12.1 Å². The quantitative estimate of drug-likeness (QED) is 0.710. The van der Waals surface area contributed by atoms with Crippen molar-refractivity contribution in [2.75, 3.05) is 6.54 Å². The van der Waals surface area contributed by atoms with Gasteiger partial charge in [-0.15, -0.1) is 0 Å². The van der Waals surface area contributed by atoms with Gasteiger partial charge in [-0.05, 0) is 42.5 Å². The third-order valence-corrected chi connectivity index (χ3v) is 2.96. The SMILES string of the molecule is O=C(O)CNC1CCc2cc(O)ccc2C1. The number of rotatable bonds is 3. The molecule has 0 amide bonds. The Kier molecular flexibility index (Phi) is 3.10. The molecule has 1 atom stereocenters. The minimum Gasteiger partial charge on any atom is -0.508 e. The summed E-state index contributed by atoms with van der Waals surface area (Å²) in [6.45, 7) is 0.0120. The molecule has 0 bridgehead atoms. The maximum atomic E-state index is 10.4. The van der Waals surface area contributed by atoms with Crippen LogP contribution in [0, 0.1) is 0 Å². The van der Waals surface area contributed by atoms with Gasteiger partial charge in [0.05, 0.1) is 6.54 Å². The van der Waals surface area contributed by atoms with E-state index in [2.05, 4.69) is 5.32 Å². The summed E-state index contributed by atoms with van der Waals surface area (Å²) in [6.07, 6.45) is 2.65. The number of carboxylic acid groups (broad SMARTS) is 1. The van der Waals surface area contributed by atoms with Crippen LogP contribution >= 0.6 is 0 Å². The number of carbonyl (C=O) groups is 1. The number of aliphatic carboxylic acids is 1. The van der Waals surface area contributed by atoms with Gasteiger partial charge in [0.2, 0.25) is 0 Å².